The van der Waals surface area contributed by atoms with Gasteiger partial charge < -0.3 is 30.6 Å². The van der Waals surface area contributed by atoms with Crippen LogP contribution in [-0.2, 0) is 25.7 Å². The molecule has 5 amide bonds. The van der Waals surface area contributed by atoms with Crippen LogP contribution in [-0.4, -0.2) is 85.9 Å². The fraction of sp³-hybridized carbons (Fsp3) is 0.389. The number of nitrogens with one attached hydrogen (secondary N) is 4. The zero-order valence-electron chi connectivity index (χ0n) is 29.1. The number of fused-ring (bicyclic) bond motifs is 1. The van der Waals surface area contributed by atoms with Crippen LogP contribution < -0.4 is 21.3 Å². The second-order valence-electron chi connectivity index (χ2n) is 12.9. The number of aromatic nitrogens is 4. The monoisotopic (exact) mass is 697 g/mol. The summed E-state index contributed by atoms with van der Waals surface area (Å²) in [7, 11) is 0. The Morgan fingerprint density at radius 2 is 1.63 bits per heavy atom. The third-order valence-corrected chi connectivity index (χ3v) is 8.28. The van der Waals surface area contributed by atoms with Crippen LogP contribution in [0.15, 0.2) is 71.6 Å². The van der Waals surface area contributed by atoms with E-state index in [1.807, 2.05) is 44.2 Å². The molecule has 3 atom stereocenters. The van der Waals surface area contributed by atoms with E-state index in [1.54, 1.807) is 37.4 Å². The van der Waals surface area contributed by atoms with Crippen LogP contribution >= 0.6 is 0 Å². The molecule has 1 aliphatic heterocycles. The first-order chi connectivity index (χ1) is 24.5. The maximum atomic E-state index is 13.7. The SMILES string of the molecule is CC(C)C[C@H]1NC(=O)[C@@H](C)NC(=O)CN(C(=O)c2ccc(-c3cnco3)cc2)CCCNC(=O)Cn2nc(-c3ccccc3)nc2[C@H](C)NC1=O. The lowest BCUT2D eigenvalue weighted by Gasteiger charge is -2.25. The van der Waals surface area contributed by atoms with E-state index >= 15 is 0 Å². The molecule has 15 heteroatoms. The molecule has 0 saturated heterocycles. The normalized spacial score (nSPS) is 19.9. The summed E-state index contributed by atoms with van der Waals surface area (Å²) >= 11 is 0. The summed E-state index contributed by atoms with van der Waals surface area (Å²) in [5.41, 5.74) is 1.80. The number of nitrogens with zero attached hydrogens (tertiary/aromatic N) is 5. The number of oxazole rings is 1. The van der Waals surface area contributed by atoms with E-state index in [0.29, 0.717) is 35.8 Å². The lowest BCUT2D eigenvalue weighted by molar-refractivity contribution is -0.132. The zero-order chi connectivity index (χ0) is 36.5. The lowest BCUT2D eigenvalue weighted by Crippen LogP contribution is -2.54. The number of hydrogen-bond acceptors (Lipinski definition) is 9. The van der Waals surface area contributed by atoms with E-state index in [9.17, 15) is 24.0 Å². The van der Waals surface area contributed by atoms with Gasteiger partial charge in [0.1, 0.15) is 24.5 Å². The van der Waals surface area contributed by atoms with Crippen LogP contribution in [0.1, 0.15) is 62.8 Å². The van der Waals surface area contributed by atoms with E-state index in [1.165, 1.54) is 22.9 Å². The first-order valence-corrected chi connectivity index (χ1v) is 16.9. The Morgan fingerprint density at radius 3 is 2.31 bits per heavy atom. The molecule has 4 aromatic rings. The summed E-state index contributed by atoms with van der Waals surface area (Å²) in [6, 6.07) is 13.4. The topological polar surface area (TPSA) is 193 Å². The molecule has 0 spiro atoms. The van der Waals surface area contributed by atoms with Gasteiger partial charge in [-0.2, -0.15) is 5.10 Å². The van der Waals surface area contributed by atoms with Crippen LogP contribution in [0.25, 0.3) is 22.7 Å². The minimum absolute atomic E-state index is 0.0456. The maximum Gasteiger partial charge on any atom is 0.254 e. The Labute approximate surface area is 295 Å². The summed E-state index contributed by atoms with van der Waals surface area (Å²) in [5, 5.41) is 15.8. The van der Waals surface area contributed by atoms with Crippen molar-refractivity contribution in [3.05, 3.63) is 78.6 Å². The minimum atomic E-state index is -1.01. The number of amides is 5. The van der Waals surface area contributed by atoms with Crippen molar-refractivity contribution in [1.82, 2.24) is 45.9 Å². The molecule has 2 aromatic heterocycles. The molecule has 0 saturated carbocycles. The smallest absolute Gasteiger partial charge is 0.254 e. The molecule has 0 aliphatic carbocycles. The van der Waals surface area contributed by atoms with Gasteiger partial charge in [-0.25, -0.2) is 14.6 Å². The summed E-state index contributed by atoms with van der Waals surface area (Å²) < 4.78 is 6.79. The van der Waals surface area contributed by atoms with Crippen molar-refractivity contribution in [2.75, 3.05) is 19.6 Å². The average Bonchev–Trinajstić information content (AvgIpc) is 3.80. The molecule has 0 radical (unpaired) electrons. The van der Waals surface area contributed by atoms with Crippen molar-refractivity contribution < 1.29 is 28.4 Å². The Morgan fingerprint density at radius 1 is 0.882 bits per heavy atom. The Hall–Kier alpha value is -5.86. The quantitative estimate of drug-likeness (QED) is 0.243. The number of carbonyl (C=O) groups is 5. The van der Waals surface area contributed by atoms with E-state index in [0.717, 1.165) is 11.1 Å². The molecular weight excluding hydrogens is 654 g/mol. The standard InChI is InChI=1S/C36H43N9O6/c1-22(2)17-28-35(49)40-23(3)33-42-32(26-9-6-5-7-10-26)43-45(33)20-30(46)38-15-8-16-44(19-31(47)39-24(4)34(48)41-28)36(50)27-13-11-25(12-14-27)29-18-37-21-51-29/h5-7,9-14,18,21-24,28H,8,15-17,19-20H2,1-4H3,(H,38,46)(H,39,47)(H,40,49)(H,41,48)/t23-,24+,28+/m0/s1. The molecule has 15 nitrogen and oxygen atoms in total. The highest BCUT2D eigenvalue weighted by molar-refractivity contribution is 5.98. The highest BCUT2D eigenvalue weighted by atomic mass is 16.3. The van der Waals surface area contributed by atoms with Crippen molar-refractivity contribution >= 4 is 29.5 Å². The molecule has 4 N–H and O–H groups in total. The summed E-state index contributed by atoms with van der Waals surface area (Å²) in [6.07, 6.45) is 3.54. The molecule has 3 heterocycles. The van der Waals surface area contributed by atoms with Crippen LogP contribution in [0.4, 0.5) is 0 Å². The maximum absolute atomic E-state index is 13.7. The number of carbonyl (C=O) groups excluding carboxylic acids is 5. The van der Waals surface area contributed by atoms with Crippen molar-refractivity contribution in [3.8, 4) is 22.7 Å². The van der Waals surface area contributed by atoms with Crippen molar-refractivity contribution in [3.63, 3.8) is 0 Å². The van der Waals surface area contributed by atoms with Gasteiger partial charge in [-0.1, -0.05) is 56.3 Å². The van der Waals surface area contributed by atoms with Gasteiger partial charge in [0.05, 0.1) is 18.8 Å². The second-order valence-corrected chi connectivity index (χ2v) is 12.9. The minimum Gasteiger partial charge on any atom is -0.444 e. The predicted molar refractivity (Wildman–Crippen MR) is 186 cm³/mol. The second kappa shape index (κ2) is 16.7. The van der Waals surface area contributed by atoms with Gasteiger partial charge in [0.25, 0.3) is 5.91 Å². The third kappa shape index (κ3) is 9.65. The molecule has 0 bridgehead atoms. The van der Waals surface area contributed by atoms with E-state index in [4.69, 9.17) is 4.42 Å². The van der Waals surface area contributed by atoms with Gasteiger partial charge in [0.15, 0.2) is 18.0 Å². The number of rotatable bonds is 5. The van der Waals surface area contributed by atoms with Crippen molar-refractivity contribution in [2.45, 2.75) is 65.2 Å². The fourth-order valence-corrected chi connectivity index (χ4v) is 5.66. The van der Waals surface area contributed by atoms with Crippen molar-refractivity contribution in [1.29, 1.82) is 0 Å². The summed E-state index contributed by atoms with van der Waals surface area (Å²) in [6.45, 7) is 6.92. The zero-order valence-corrected chi connectivity index (χ0v) is 29.1. The van der Waals surface area contributed by atoms with Crippen molar-refractivity contribution in [2.24, 2.45) is 5.92 Å². The summed E-state index contributed by atoms with van der Waals surface area (Å²) in [4.78, 5) is 76.9. The van der Waals surface area contributed by atoms with Gasteiger partial charge in [-0.05, 0) is 44.7 Å². The first-order valence-electron chi connectivity index (χ1n) is 16.9. The number of benzene rings is 2. The first kappa shape index (κ1) is 36.4. The van der Waals surface area contributed by atoms with Crippen LogP contribution in [0.2, 0.25) is 0 Å². The molecule has 5 rings (SSSR count). The van der Waals surface area contributed by atoms with E-state index in [2.05, 4.69) is 36.3 Å². The van der Waals surface area contributed by atoms with Gasteiger partial charge in [-0.15, -0.1) is 0 Å². The fourth-order valence-electron chi connectivity index (χ4n) is 5.66. The molecule has 1 aliphatic rings. The van der Waals surface area contributed by atoms with Gasteiger partial charge >= 0.3 is 0 Å². The highest BCUT2D eigenvalue weighted by Gasteiger charge is 2.29. The molecule has 2 aromatic carbocycles. The van der Waals surface area contributed by atoms with E-state index < -0.39 is 41.8 Å². The average molecular weight is 698 g/mol. The highest BCUT2D eigenvalue weighted by Crippen LogP contribution is 2.21. The Kier molecular flexibility index (Phi) is 11.9. The molecular formula is C36H43N9O6. The van der Waals surface area contributed by atoms with E-state index in [-0.39, 0.29) is 38.0 Å². The molecule has 268 valence electrons. The molecule has 51 heavy (non-hydrogen) atoms. The van der Waals surface area contributed by atoms with Crippen LogP contribution in [0.5, 0.6) is 0 Å². The van der Waals surface area contributed by atoms with Gasteiger partial charge in [-0.3, -0.25) is 24.0 Å². The Balaban J connectivity index is 1.40. The third-order valence-electron chi connectivity index (χ3n) is 8.28. The number of hydrogen-bond donors (Lipinski definition) is 4. The largest absolute Gasteiger partial charge is 0.444 e. The predicted octanol–water partition coefficient (Wildman–Crippen LogP) is 2.48. The lowest BCUT2D eigenvalue weighted by atomic mass is 10.0. The molecule has 0 fully saturated rings. The van der Waals surface area contributed by atoms with Gasteiger partial charge in [0, 0.05) is 29.8 Å². The summed E-state index contributed by atoms with van der Waals surface area (Å²) in [5.74, 6) is -0.994. The van der Waals surface area contributed by atoms with Crippen LogP contribution in [0.3, 0.4) is 0 Å². The van der Waals surface area contributed by atoms with Crippen LogP contribution in [0, 0.1) is 5.92 Å². The van der Waals surface area contributed by atoms with Gasteiger partial charge in [0.2, 0.25) is 23.6 Å². The molecule has 0 unspecified atom stereocenters. The Bertz CT molecular complexity index is 1820.